The lowest BCUT2D eigenvalue weighted by Gasteiger charge is -2.40. The summed E-state index contributed by atoms with van der Waals surface area (Å²) in [6.45, 7) is 12.3. The van der Waals surface area contributed by atoms with Crippen LogP contribution in [0.5, 0.6) is 5.75 Å². The van der Waals surface area contributed by atoms with Gasteiger partial charge in [0.2, 0.25) is 0 Å². The van der Waals surface area contributed by atoms with Gasteiger partial charge in [-0.3, -0.25) is 14.3 Å². The van der Waals surface area contributed by atoms with Gasteiger partial charge in [-0.1, -0.05) is 60.6 Å². The van der Waals surface area contributed by atoms with Crippen molar-refractivity contribution in [3.05, 3.63) is 124 Å². The van der Waals surface area contributed by atoms with Gasteiger partial charge in [0.05, 0.1) is 30.2 Å². The minimum atomic E-state index is -0.166. The van der Waals surface area contributed by atoms with Crippen molar-refractivity contribution in [2.45, 2.75) is 32.7 Å². The SMILES string of the molecule is C=C(CCc1ccc(Cl)cc1)N1CCN(C(C)c2nc3c(cnn3-c3ccccc3)c(=O)n2-c2ccccc2OCC)CC1. The van der Waals surface area contributed by atoms with E-state index in [1.807, 2.05) is 73.7 Å². The average molecular weight is 609 g/mol. The summed E-state index contributed by atoms with van der Waals surface area (Å²) in [5.74, 6) is 1.30. The fraction of sp³-hybridized carbons (Fsp3) is 0.286. The molecule has 0 spiro atoms. The fourth-order valence-electron chi connectivity index (χ4n) is 5.86. The molecule has 226 valence electrons. The molecule has 0 N–H and O–H groups in total. The smallest absolute Gasteiger partial charge is 0.269 e. The van der Waals surface area contributed by atoms with Crippen LogP contribution in [0.3, 0.4) is 0 Å². The van der Waals surface area contributed by atoms with Crippen LogP contribution in [0.1, 0.15) is 37.7 Å². The van der Waals surface area contributed by atoms with Gasteiger partial charge in [-0.2, -0.15) is 5.10 Å². The van der Waals surface area contributed by atoms with Crippen LogP contribution in [0.4, 0.5) is 0 Å². The van der Waals surface area contributed by atoms with Gasteiger partial charge < -0.3 is 9.64 Å². The molecular formula is C35H37ClN6O2. The molecule has 0 saturated carbocycles. The first-order valence-electron chi connectivity index (χ1n) is 15.1. The van der Waals surface area contributed by atoms with Gasteiger partial charge in [0.15, 0.2) is 5.65 Å². The van der Waals surface area contributed by atoms with Gasteiger partial charge in [0.1, 0.15) is 17.0 Å². The molecule has 0 amide bonds. The van der Waals surface area contributed by atoms with Crippen molar-refractivity contribution >= 4 is 22.6 Å². The molecule has 0 bridgehead atoms. The first-order chi connectivity index (χ1) is 21.4. The Balaban J connectivity index is 1.30. The lowest BCUT2D eigenvalue weighted by molar-refractivity contribution is 0.116. The molecule has 3 aromatic carbocycles. The van der Waals surface area contributed by atoms with Crippen LogP contribution in [-0.4, -0.2) is 61.9 Å². The number of hydrogen-bond donors (Lipinski definition) is 0. The van der Waals surface area contributed by atoms with Gasteiger partial charge in [-0.15, -0.1) is 0 Å². The maximum atomic E-state index is 14.3. The van der Waals surface area contributed by atoms with Crippen molar-refractivity contribution < 1.29 is 4.74 Å². The van der Waals surface area contributed by atoms with Gasteiger partial charge in [-0.25, -0.2) is 9.67 Å². The maximum absolute atomic E-state index is 14.3. The summed E-state index contributed by atoms with van der Waals surface area (Å²) in [6.07, 6.45) is 3.43. The molecule has 1 atom stereocenters. The topological polar surface area (TPSA) is 68.4 Å². The van der Waals surface area contributed by atoms with Crippen molar-refractivity contribution in [2.75, 3.05) is 32.8 Å². The third-order valence-electron chi connectivity index (χ3n) is 8.33. The van der Waals surface area contributed by atoms with Crippen LogP contribution in [-0.2, 0) is 6.42 Å². The molecule has 6 rings (SSSR count). The summed E-state index contributed by atoms with van der Waals surface area (Å²) in [5, 5.41) is 5.79. The Morgan fingerprint density at radius 1 is 0.977 bits per heavy atom. The number of rotatable bonds is 10. The standard InChI is InChI=1S/C35H37ClN6O2/c1-4-44-32-13-9-8-12-31(32)41-33(38-34-30(35(41)43)24-37-42(34)29-10-6-5-7-11-29)26(3)40-22-20-39(21-23-40)25(2)14-15-27-16-18-28(36)19-17-27/h5-13,16-19,24,26H,2,4,14-15,20-23H2,1,3H3. The van der Waals surface area contributed by atoms with E-state index in [1.165, 1.54) is 5.56 Å². The van der Waals surface area contributed by atoms with E-state index in [2.05, 4.69) is 40.5 Å². The molecule has 1 aliphatic rings. The molecule has 3 heterocycles. The average Bonchev–Trinajstić information content (AvgIpc) is 3.49. The molecule has 1 saturated heterocycles. The number of ether oxygens (including phenoxy) is 1. The lowest BCUT2D eigenvalue weighted by Crippen LogP contribution is -2.47. The van der Waals surface area contributed by atoms with E-state index in [0.29, 0.717) is 34.9 Å². The zero-order chi connectivity index (χ0) is 30.6. The Hall–Kier alpha value is -4.40. The Morgan fingerprint density at radius 3 is 2.41 bits per heavy atom. The summed E-state index contributed by atoms with van der Waals surface area (Å²) in [6, 6.07) is 25.3. The molecule has 5 aromatic rings. The Bertz CT molecular complexity index is 1810. The van der Waals surface area contributed by atoms with E-state index in [0.717, 1.165) is 55.4 Å². The molecule has 1 fully saturated rings. The largest absolute Gasteiger partial charge is 0.492 e. The summed E-state index contributed by atoms with van der Waals surface area (Å²) in [7, 11) is 0. The number of para-hydroxylation sites is 3. The lowest BCUT2D eigenvalue weighted by atomic mass is 10.1. The molecule has 9 heteroatoms. The second-order valence-corrected chi connectivity index (χ2v) is 11.5. The number of aryl methyl sites for hydroxylation is 1. The Labute approximate surface area is 262 Å². The fourth-order valence-corrected chi connectivity index (χ4v) is 5.99. The first-order valence-corrected chi connectivity index (χ1v) is 15.5. The number of fused-ring (bicyclic) bond motifs is 1. The molecule has 44 heavy (non-hydrogen) atoms. The molecule has 2 aromatic heterocycles. The third kappa shape index (κ3) is 6.00. The van der Waals surface area contributed by atoms with Crippen molar-refractivity contribution in [3.63, 3.8) is 0 Å². The van der Waals surface area contributed by atoms with Gasteiger partial charge in [-0.05, 0) is 68.7 Å². The summed E-state index contributed by atoms with van der Waals surface area (Å²) < 4.78 is 9.43. The molecule has 8 nitrogen and oxygen atoms in total. The minimum Gasteiger partial charge on any atom is -0.492 e. The van der Waals surface area contributed by atoms with Crippen LogP contribution in [0, 0.1) is 0 Å². The van der Waals surface area contributed by atoms with Crippen molar-refractivity contribution in [2.24, 2.45) is 0 Å². The van der Waals surface area contributed by atoms with E-state index in [-0.39, 0.29) is 11.6 Å². The summed E-state index contributed by atoms with van der Waals surface area (Å²) in [4.78, 5) is 24.2. The van der Waals surface area contributed by atoms with Crippen LogP contribution >= 0.6 is 11.6 Å². The highest BCUT2D eigenvalue weighted by atomic mass is 35.5. The highest BCUT2D eigenvalue weighted by Gasteiger charge is 2.28. The highest BCUT2D eigenvalue weighted by molar-refractivity contribution is 6.30. The van der Waals surface area contributed by atoms with Crippen LogP contribution in [0.25, 0.3) is 22.4 Å². The molecule has 1 unspecified atom stereocenters. The Kier molecular flexibility index (Phi) is 8.82. The zero-order valence-electron chi connectivity index (χ0n) is 25.2. The van der Waals surface area contributed by atoms with Crippen molar-refractivity contribution in [1.29, 1.82) is 0 Å². The van der Waals surface area contributed by atoms with E-state index in [9.17, 15) is 4.79 Å². The number of aromatic nitrogens is 4. The predicted octanol–water partition coefficient (Wildman–Crippen LogP) is 6.45. The van der Waals surface area contributed by atoms with E-state index in [1.54, 1.807) is 15.4 Å². The van der Waals surface area contributed by atoms with E-state index < -0.39 is 0 Å². The number of benzene rings is 3. The minimum absolute atomic E-state index is 0.148. The number of halogens is 1. The number of nitrogens with zero attached hydrogens (tertiary/aromatic N) is 6. The van der Waals surface area contributed by atoms with E-state index in [4.69, 9.17) is 21.3 Å². The van der Waals surface area contributed by atoms with Crippen molar-refractivity contribution in [3.8, 4) is 17.1 Å². The zero-order valence-corrected chi connectivity index (χ0v) is 26.0. The van der Waals surface area contributed by atoms with E-state index >= 15 is 0 Å². The summed E-state index contributed by atoms with van der Waals surface area (Å²) >= 11 is 6.05. The van der Waals surface area contributed by atoms with Gasteiger partial charge in [0.25, 0.3) is 5.56 Å². The molecule has 0 radical (unpaired) electrons. The maximum Gasteiger partial charge on any atom is 0.269 e. The normalized spacial score (nSPS) is 14.6. The quantitative estimate of drug-likeness (QED) is 0.182. The predicted molar refractivity (Wildman–Crippen MR) is 176 cm³/mol. The molecule has 0 aliphatic carbocycles. The monoisotopic (exact) mass is 608 g/mol. The third-order valence-corrected chi connectivity index (χ3v) is 8.58. The number of allylic oxidation sites excluding steroid dienone is 1. The molecular weight excluding hydrogens is 572 g/mol. The van der Waals surface area contributed by atoms with Gasteiger partial charge >= 0.3 is 0 Å². The summed E-state index contributed by atoms with van der Waals surface area (Å²) in [5.41, 5.74) is 4.30. The molecule has 1 aliphatic heterocycles. The second-order valence-electron chi connectivity index (χ2n) is 11.0. The van der Waals surface area contributed by atoms with Crippen LogP contribution in [0.2, 0.25) is 5.02 Å². The van der Waals surface area contributed by atoms with Gasteiger partial charge in [0, 0.05) is 36.9 Å². The number of piperazine rings is 1. The second kappa shape index (κ2) is 13.1. The van der Waals surface area contributed by atoms with Crippen molar-refractivity contribution in [1.82, 2.24) is 29.1 Å². The highest BCUT2D eigenvalue weighted by Crippen LogP contribution is 2.29. The Morgan fingerprint density at radius 2 is 1.68 bits per heavy atom. The van der Waals surface area contributed by atoms with Crippen LogP contribution < -0.4 is 10.3 Å². The number of hydrogen-bond acceptors (Lipinski definition) is 6. The first kappa shape index (κ1) is 29.7. The van der Waals surface area contributed by atoms with Crippen LogP contribution in [0.15, 0.2) is 102 Å².